The van der Waals surface area contributed by atoms with E-state index in [1.807, 2.05) is 82.3 Å². The monoisotopic (exact) mass is 776 g/mol. The molecule has 2 fully saturated rings. The van der Waals surface area contributed by atoms with Gasteiger partial charge >= 0.3 is 0 Å². The Morgan fingerprint density at radius 2 is 1.07 bits per heavy atom. The molecule has 12 nitrogen and oxygen atoms in total. The molecule has 2 atom stereocenters. The highest BCUT2D eigenvalue weighted by Crippen LogP contribution is 2.46. The Morgan fingerprint density at radius 3 is 1.44 bits per heavy atom. The highest BCUT2D eigenvalue weighted by atomic mass is 32.3. The van der Waals surface area contributed by atoms with Gasteiger partial charge in [0.25, 0.3) is 11.8 Å². The number of β-lactam (4-membered cyclic amide) rings is 2. The number of phenols is 1. The van der Waals surface area contributed by atoms with Crippen molar-refractivity contribution in [3.8, 4) is 23.0 Å². The van der Waals surface area contributed by atoms with Gasteiger partial charge in [-0.25, -0.2) is 9.47 Å². The summed E-state index contributed by atoms with van der Waals surface area (Å²) < 4.78 is 38.0. The van der Waals surface area contributed by atoms with Crippen LogP contribution in [0, 0.1) is 27.7 Å². The number of carbonyl (C=O) groups excluding carboxylic acids is 2. The number of methoxy groups -OCH3 is 3. The van der Waals surface area contributed by atoms with Crippen molar-refractivity contribution in [2.24, 2.45) is 0 Å². The summed E-state index contributed by atoms with van der Waals surface area (Å²) in [6.45, 7) is 15.8. The van der Waals surface area contributed by atoms with E-state index >= 15 is 0 Å². The Morgan fingerprint density at radius 1 is 0.673 bits per heavy atom. The largest absolute Gasteiger partial charge is 0.508 e. The SMILES string of the molecule is C.C=C1C(=O)N(c2cc(C)c(C)c(OC)c2)[C@H]1c1cccc(O)c1.C=C1C(=O)N(c2cc(C)c(C)c(OC)c2)[C@H]1c1cccc(OC)c1.CS(C)(=O)(O)OO. The maximum atomic E-state index is 12.5. The van der Waals surface area contributed by atoms with Crippen LogP contribution in [0.3, 0.4) is 0 Å². The molecule has 4 aromatic carbocycles. The van der Waals surface area contributed by atoms with Crippen molar-refractivity contribution in [2.75, 3.05) is 43.6 Å². The van der Waals surface area contributed by atoms with Gasteiger partial charge in [-0.2, -0.15) is 0 Å². The van der Waals surface area contributed by atoms with Crippen LogP contribution in [0.15, 0.2) is 97.1 Å². The molecule has 0 unspecified atom stereocenters. The third-order valence-electron chi connectivity index (χ3n) is 9.18. The molecule has 0 aromatic heterocycles. The minimum absolute atomic E-state index is 0. The van der Waals surface area contributed by atoms with Crippen LogP contribution >= 0.6 is 0 Å². The molecule has 13 heteroatoms. The summed E-state index contributed by atoms with van der Waals surface area (Å²) in [7, 11) is 0.832. The number of aryl methyl sites for hydroxylation is 2. The topological polar surface area (TPSA) is 155 Å². The molecule has 2 amide bonds. The maximum Gasteiger partial charge on any atom is 0.256 e. The number of carbonyl (C=O) groups is 2. The first-order valence-electron chi connectivity index (χ1n) is 16.7. The highest BCUT2D eigenvalue weighted by Gasteiger charge is 2.44. The number of amides is 2. The molecule has 2 saturated heterocycles. The first-order chi connectivity index (χ1) is 25.2. The molecule has 2 aliphatic rings. The molecule has 6 rings (SSSR count). The van der Waals surface area contributed by atoms with Gasteiger partial charge < -0.3 is 23.9 Å². The van der Waals surface area contributed by atoms with E-state index in [0.29, 0.717) is 11.1 Å². The van der Waals surface area contributed by atoms with Crippen LogP contribution in [0.2, 0.25) is 0 Å². The molecule has 0 bridgehead atoms. The summed E-state index contributed by atoms with van der Waals surface area (Å²) in [5.74, 6) is 2.29. The Bertz CT molecular complexity index is 2180. The third kappa shape index (κ3) is 9.62. The molecular formula is C42H52N2O10S. The molecule has 2 heterocycles. The molecule has 0 saturated carbocycles. The Kier molecular flexibility index (Phi) is 13.5. The Hall–Kier alpha value is -5.47. The van der Waals surface area contributed by atoms with Crippen molar-refractivity contribution in [2.45, 2.75) is 47.2 Å². The predicted molar refractivity (Wildman–Crippen MR) is 218 cm³/mol. The van der Waals surface area contributed by atoms with Gasteiger partial charge in [0.15, 0.2) is 0 Å². The maximum absolute atomic E-state index is 12.5. The van der Waals surface area contributed by atoms with E-state index in [2.05, 4.69) is 17.5 Å². The quantitative estimate of drug-likeness (QED) is 0.0690. The average Bonchev–Trinajstić information content (AvgIpc) is 3.14. The summed E-state index contributed by atoms with van der Waals surface area (Å²) in [5.41, 5.74) is 8.79. The molecule has 0 aliphatic carbocycles. The molecule has 55 heavy (non-hydrogen) atoms. The molecule has 0 spiro atoms. The minimum Gasteiger partial charge on any atom is -0.508 e. The van der Waals surface area contributed by atoms with Crippen molar-refractivity contribution in [1.29, 1.82) is 0 Å². The summed E-state index contributed by atoms with van der Waals surface area (Å²) >= 11 is 0. The van der Waals surface area contributed by atoms with E-state index in [-0.39, 0.29) is 37.1 Å². The van der Waals surface area contributed by atoms with Crippen LogP contribution in [-0.2, 0) is 23.6 Å². The first kappa shape index (κ1) is 43.9. The summed E-state index contributed by atoms with van der Waals surface area (Å²) in [6.07, 6.45) is 1.80. The van der Waals surface area contributed by atoms with E-state index in [0.717, 1.165) is 74.5 Å². The fourth-order valence-electron chi connectivity index (χ4n) is 6.02. The highest BCUT2D eigenvalue weighted by molar-refractivity contribution is 8.09. The number of rotatable bonds is 8. The summed E-state index contributed by atoms with van der Waals surface area (Å²) in [4.78, 5) is 28.2. The van der Waals surface area contributed by atoms with E-state index in [9.17, 15) is 18.9 Å². The Labute approximate surface area is 323 Å². The molecular weight excluding hydrogens is 725 g/mol. The van der Waals surface area contributed by atoms with E-state index in [4.69, 9.17) is 24.0 Å². The fraction of sp³-hybridized carbons (Fsp3) is 0.286. The van der Waals surface area contributed by atoms with Crippen LogP contribution in [0.5, 0.6) is 23.0 Å². The van der Waals surface area contributed by atoms with E-state index in [1.54, 1.807) is 49.3 Å². The first-order valence-corrected chi connectivity index (χ1v) is 19.4. The zero-order valence-electron chi connectivity index (χ0n) is 32.0. The zero-order chi connectivity index (χ0) is 40.3. The molecule has 4 aromatic rings. The lowest BCUT2D eigenvalue weighted by Crippen LogP contribution is -2.48. The van der Waals surface area contributed by atoms with Crippen molar-refractivity contribution >= 4 is 32.8 Å². The van der Waals surface area contributed by atoms with Gasteiger partial charge in [-0.15, -0.1) is 4.33 Å². The van der Waals surface area contributed by atoms with Gasteiger partial charge in [0, 0.05) is 47.2 Å². The standard InChI is InChI=1S/C20H21NO3.C19H19NO3.C2H8O4S.CH4/c1-12-9-16(11-18(24-5)13(12)2)21-19(14(3)20(21)22)15-7-6-8-17(10-15)23-4;1-11-8-15(10-17(23-4)12(11)2)20-18(13(3)19(20)22)14-6-5-7-16(21)9-14;1-7(2,4,5)6-3;/h6-11,19H,3H2,1-2,4-5H3;5-10,18,21H,3H2,1-2,4H3;3H,1-2H3,(H,4,5);1H4/t19-;18-;;/m11../s1. The van der Waals surface area contributed by atoms with Gasteiger partial charge in [-0.05, 0) is 97.5 Å². The summed E-state index contributed by atoms with van der Waals surface area (Å²) in [5, 5.41) is 17.3. The van der Waals surface area contributed by atoms with E-state index in [1.165, 1.54) is 0 Å². The number of hydrogen-bond acceptors (Lipinski definition) is 9. The normalized spacial score (nSPS) is 16.8. The average molecular weight is 777 g/mol. The van der Waals surface area contributed by atoms with Crippen LogP contribution in [0.4, 0.5) is 11.4 Å². The van der Waals surface area contributed by atoms with Crippen molar-refractivity contribution in [1.82, 2.24) is 0 Å². The zero-order valence-corrected chi connectivity index (χ0v) is 32.8. The van der Waals surface area contributed by atoms with Gasteiger partial charge in [-0.3, -0.25) is 19.4 Å². The number of ether oxygens (including phenoxy) is 3. The Balaban J connectivity index is 0.000000249. The number of aromatic hydroxyl groups is 1. The van der Waals surface area contributed by atoms with Gasteiger partial charge in [0.1, 0.15) is 32.6 Å². The second-order valence-corrected chi connectivity index (χ2v) is 17.0. The molecule has 296 valence electrons. The van der Waals surface area contributed by atoms with Gasteiger partial charge in [0.2, 0.25) is 0 Å². The minimum atomic E-state index is -4.06. The second-order valence-electron chi connectivity index (χ2n) is 13.5. The van der Waals surface area contributed by atoms with Crippen LogP contribution in [-0.4, -0.2) is 64.8 Å². The van der Waals surface area contributed by atoms with E-state index < -0.39 is 9.63 Å². The molecule has 0 radical (unpaired) electrons. The lowest BCUT2D eigenvalue weighted by atomic mass is 9.88. The van der Waals surface area contributed by atoms with Crippen molar-refractivity contribution in [3.05, 3.63) is 130 Å². The third-order valence-corrected chi connectivity index (χ3v) is 9.60. The lowest BCUT2D eigenvalue weighted by molar-refractivity contribution is -0.141. The lowest BCUT2D eigenvalue weighted by Gasteiger charge is -2.43. The fourth-order valence-corrected chi connectivity index (χ4v) is 6.02. The molecule has 3 N–H and O–H groups in total. The van der Waals surface area contributed by atoms with Gasteiger partial charge in [-0.1, -0.05) is 44.8 Å². The smallest absolute Gasteiger partial charge is 0.256 e. The number of phenolic OH excluding ortho intramolecular Hbond substituents is 1. The van der Waals surface area contributed by atoms with Crippen LogP contribution in [0.25, 0.3) is 0 Å². The molecule has 2 aliphatic heterocycles. The number of nitrogens with zero attached hydrogens (tertiary/aromatic N) is 2. The van der Waals surface area contributed by atoms with Crippen molar-refractivity contribution in [3.63, 3.8) is 0 Å². The number of hydrogen-bond donors (Lipinski definition) is 3. The van der Waals surface area contributed by atoms with Crippen LogP contribution in [0.1, 0.15) is 52.9 Å². The number of anilines is 2. The number of benzene rings is 4. The van der Waals surface area contributed by atoms with Crippen molar-refractivity contribution < 1.29 is 47.3 Å². The summed E-state index contributed by atoms with van der Waals surface area (Å²) in [6, 6.07) is 21.9. The predicted octanol–water partition coefficient (Wildman–Crippen LogP) is 8.21. The van der Waals surface area contributed by atoms with Crippen LogP contribution < -0.4 is 24.0 Å². The second kappa shape index (κ2) is 16.9. The van der Waals surface area contributed by atoms with Gasteiger partial charge in [0.05, 0.1) is 33.4 Å².